The van der Waals surface area contributed by atoms with Crippen LogP contribution in [0, 0.1) is 5.82 Å². The van der Waals surface area contributed by atoms with Crippen LogP contribution in [0.15, 0.2) is 23.1 Å². The quantitative estimate of drug-likeness (QED) is 0.794. The van der Waals surface area contributed by atoms with Gasteiger partial charge in [-0.25, -0.2) is 4.39 Å². The fourth-order valence-electron chi connectivity index (χ4n) is 1.30. The summed E-state index contributed by atoms with van der Waals surface area (Å²) in [5, 5.41) is 11.3. The molecule has 6 nitrogen and oxygen atoms in total. The first-order chi connectivity index (χ1) is 8.06. The van der Waals surface area contributed by atoms with Crippen molar-refractivity contribution in [2.75, 3.05) is 5.73 Å². The minimum atomic E-state index is -1.41. The van der Waals surface area contributed by atoms with Gasteiger partial charge in [0, 0.05) is 0 Å². The van der Waals surface area contributed by atoms with Crippen LogP contribution < -0.4 is 5.73 Å². The highest BCUT2D eigenvalue weighted by molar-refractivity contribution is 7.84. The predicted octanol–water partition coefficient (Wildman–Crippen LogP) is 0.239. The lowest BCUT2D eigenvalue weighted by atomic mass is 10.3. The lowest BCUT2D eigenvalue weighted by Crippen LogP contribution is -2.03. The van der Waals surface area contributed by atoms with Gasteiger partial charge in [-0.3, -0.25) is 4.21 Å². The fraction of sp³-hybridized carbons (Fsp3) is 0.222. The van der Waals surface area contributed by atoms with Crippen LogP contribution in [-0.4, -0.2) is 24.4 Å². The van der Waals surface area contributed by atoms with Crippen LogP contribution in [0.4, 0.5) is 10.1 Å². The lowest BCUT2D eigenvalue weighted by molar-refractivity contribution is 0.627. The van der Waals surface area contributed by atoms with Crippen molar-refractivity contribution >= 4 is 16.5 Å². The Balaban J connectivity index is 2.20. The number of nitrogens with zero attached hydrogens (tertiary/aromatic N) is 4. The van der Waals surface area contributed by atoms with E-state index in [9.17, 15) is 8.60 Å². The molecular formula is C9H10FN5OS. The second-order valence-electron chi connectivity index (χ2n) is 3.37. The van der Waals surface area contributed by atoms with Gasteiger partial charge in [0.15, 0.2) is 5.82 Å². The van der Waals surface area contributed by atoms with Gasteiger partial charge in [0.25, 0.3) is 0 Å². The molecule has 1 aromatic heterocycles. The molecule has 0 saturated carbocycles. The Kier molecular flexibility index (Phi) is 3.14. The van der Waals surface area contributed by atoms with Gasteiger partial charge in [0.1, 0.15) is 5.82 Å². The Morgan fingerprint density at radius 2 is 2.29 bits per heavy atom. The van der Waals surface area contributed by atoms with Crippen molar-refractivity contribution in [3.63, 3.8) is 0 Å². The van der Waals surface area contributed by atoms with Crippen molar-refractivity contribution in [3.8, 4) is 0 Å². The monoisotopic (exact) mass is 255 g/mol. The third-order valence-electron chi connectivity index (χ3n) is 2.03. The SMILES string of the molecule is Cn1nnc(CS(=O)c2ccc(F)cc2N)n1. The van der Waals surface area contributed by atoms with E-state index in [4.69, 9.17) is 5.73 Å². The molecule has 2 rings (SSSR count). The van der Waals surface area contributed by atoms with E-state index in [0.29, 0.717) is 10.7 Å². The molecule has 0 saturated heterocycles. The number of aromatic nitrogens is 4. The molecule has 0 aliphatic heterocycles. The van der Waals surface area contributed by atoms with Crippen LogP contribution >= 0.6 is 0 Å². The number of halogens is 1. The van der Waals surface area contributed by atoms with E-state index in [2.05, 4.69) is 15.4 Å². The first-order valence-corrected chi connectivity index (χ1v) is 6.04. The first kappa shape index (κ1) is 11.6. The fourth-order valence-corrected chi connectivity index (χ4v) is 2.35. The van der Waals surface area contributed by atoms with E-state index in [-0.39, 0.29) is 11.4 Å². The molecule has 0 fully saturated rings. The van der Waals surface area contributed by atoms with Crippen molar-refractivity contribution in [2.24, 2.45) is 7.05 Å². The molecular weight excluding hydrogens is 245 g/mol. The van der Waals surface area contributed by atoms with Gasteiger partial charge < -0.3 is 5.73 Å². The summed E-state index contributed by atoms with van der Waals surface area (Å²) in [6.45, 7) is 0. The normalized spacial score (nSPS) is 12.6. The number of aryl methyl sites for hydroxylation is 1. The zero-order valence-electron chi connectivity index (χ0n) is 9.00. The number of anilines is 1. The summed E-state index contributed by atoms with van der Waals surface area (Å²) in [4.78, 5) is 1.65. The Bertz CT molecular complexity index is 570. The van der Waals surface area contributed by atoms with E-state index < -0.39 is 16.6 Å². The molecule has 1 unspecified atom stereocenters. The van der Waals surface area contributed by atoms with Crippen molar-refractivity contribution < 1.29 is 8.60 Å². The Hall–Kier alpha value is -1.83. The first-order valence-electron chi connectivity index (χ1n) is 4.72. The van der Waals surface area contributed by atoms with Crippen LogP contribution in [0.2, 0.25) is 0 Å². The minimum Gasteiger partial charge on any atom is -0.398 e. The lowest BCUT2D eigenvalue weighted by Gasteiger charge is -2.03. The summed E-state index contributed by atoms with van der Waals surface area (Å²) in [7, 11) is 0.206. The van der Waals surface area contributed by atoms with E-state index in [0.717, 1.165) is 6.07 Å². The molecule has 1 aromatic carbocycles. The van der Waals surface area contributed by atoms with Gasteiger partial charge in [-0.15, -0.1) is 10.2 Å². The van der Waals surface area contributed by atoms with Gasteiger partial charge in [-0.05, 0) is 23.4 Å². The topological polar surface area (TPSA) is 86.7 Å². The van der Waals surface area contributed by atoms with Crippen LogP contribution in [0.5, 0.6) is 0 Å². The summed E-state index contributed by atoms with van der Waals surface area (Å²) in [5.74, 6) is -0.000583. The molecule has 0 bridgehead atoms. The van der Waals surface area contributed by atoms with Crippen LogP contribution in [0.1, 0.15) is 5.82 Å². The highest BCUT2D eigenvalue weighted by atomic mass is 32.2. The second kappa shape index (κ2) is 4.58. The van der Waals surface area contributed by atoms with E-state index >= 15 is 0 Å². The number of tetrazole rings is 1. The number of nitrogens with two attached hydrogens (primary N) is 1. The summed E-state index contributed by atoms with van der Waals surface area (Å²) in [6.07, 6.45) is 0. The van der Waals surface area contributed by atoms with Crippen LogP contribution in [-0.2, 0) is 23.6 Å². The van der Waals surface area contributed by atoms with E-state index in [1.807, 2.05) is 0 Å². The molecule has 17 heavy (non-hydrogen) atoms. The molecule has 0 aliphatic carbocycles. The molecule has 1 heterocycles. The van der Waals surface area contributed by atoms with Crippen molar-refractivity contribution in [2.45, 2.75) is 10.6 Å². The summed E-state index contributed by atoms with van der Waals surface area (Å²) >= 11 is 0. The van der Waals surface area contributed by atoms with Crippen LogP contribution in [0.25, 0.3) is 0 Å². The number of hydrogen-bond donors (Lipinski definition) is 1. The summed E-state index contributed by atoms with van der Waals surface area (Å²) in [5.41, 5.74) is 5.75. The average Bonchev–Trinajstić information content (AvgIpc) is 2.63. The summed E-state index contributed by atoms with van der Waals surface area (Å²) < 4.78 is 24.8. The molecule has 0 aliphatic rings. The number of nitrogen functional groups attached to an aromatic ring is 1. The maximum absolute atomic E-state index is 12.8. The standard InChI is InChI=1S/C9H10FN5OS/c1-15-13-9(12-14-15)5-17(16)8-3-2-6(10)4-7(8)11/h2-4H,5,11H2,1H3. The summed E-state index contributed by atoms with van der Waals surface area (Å²) in [6, 6.07) is 3.75. The van der Waals surface area contributed by atoms with E-state index in [1.165, 1.54) is 16.9 Å². The molecule has 2 aromatic rings. The Morgan fingerprint density at radius 1 is 1.53 bits per heavy atom. The molecule has 1 atom stereocenters. The number of hydrogen-bond acceptors (Lipinski definition) is 5. The van der Waals surface area contributed by atoms with Crippen molar-refractivity contribution in [3.05, 3.63) is 29.8 Å². The van der Waals surface area contributed by atoms with Gasteiger partial charge in [-0.1, -0.05) is 0 Å². The molecule has 2 N–H and O–H groups in total. The molecule has 90 valence electrons. The molecule has 8 heteroatoms. The zero-order valence-corrected chi connectivity index (χ0v) is 9.82. The van der Waals surface area contributed by atoms with E-state index in [1.54, 1.807) is 7.05 Å². The van der Waals surface area contributed by atoms with Gasteiger partial charge >= 0.3 is 0 Å². The smallest absolute Gasteiger partial charge is 0.187 e. The number of benzene rings is 1. The van der Waals surface area contributed by atoms with Crippen molar-refractivity contribution in [1.29, 1.82) is 0 Å². The predicted molar refractivity (Wildman–Crippen MR) is 59.7 cm³/mol. The van der Waals surface area contributed by atoms with Gasteiger partial charge in [0.05, 0.1) is 34.2 Å². The maximum Gasteiger partial charge on any atom is 0.187 e. The molecule has 0 spiro atoms. The largest absolute Gasteiger partial charge is 0.398 e. The Morgan fingerprint density at radius 3 is 2.88 bits per heavy atom. The third-order valence-corrected chi connectivity index (χ3v) is 3.41. The number of rotatable bonds is 3. The van der Waals surface area contributed by atoms with Gasteiger partial charge in [-0.2, -0.15) is 4.80 Å². The highest BCUT2D eigenvalue weighted by Crippen LogP contribution is 2.19. The zero-order chi connectivity index (χ0) is 12.4. The van der Waals surface area contributed by atoms with Crippen LogP contribution in [0.3, 0.4) is 0 Å². The third kappa shape index (κ3) is 2.64. The highest BCUT2D eigenvalue weighted by Gasteiger charge is 2.12. The average molecular weight is 255 g/mol. The Labute approximate surface area is 99.1 Å². The maximum atomic E-state index is 12.8. The van der Waals surface area contributed by atoms with Crippen molar-refractivity contribution in [1.82, 2.24) is 20.2 Å². The molecule has 0 radical (unpaired) electrons. The van der Waals surface area contributed by atoms with Gasteiger partial charge in [0.2, 0.25) is 0 Å². The second-order valence-corrected chi connectivity index (χ2v) is 4.79. The minimum absolute atomic E-state index is 0.101. The molecule has 0 amide bonds.